The molecule has 6 nitrogen and oxygen atoms in total. The number of nitrogens with one attached hydrogen (secondary N) is 1. The van der Waals surface area contributed by atoms with E-state index in [0.29, 0.717) is 42.8 Å². The van der Waals surface area contributed by atoms with Crippen molar-refractivity contribution in [1.82, 2.24) is 14.8 Å². The molecule has 10 heteroatoms. The molecule has 0 saturated carbocycles. The van der Waals surface area contributed by atoms with Gasteiger partial charge in [0.2, 0.25) is 11.8 Å². The number of alkyl halides is 3. The minimum Gasteiger partial charge on any atom is -0.352 e. The van der Waals surface area contributed by atoms with Crippen molar-refractivity contribution in [1.29, 1.82) is 0 Å². The molecule has 1 aromatic rings. The van der Waals surface area contributed by atoms with Gasteiger partial charge in [-0.25, -0.2) is 0 Å². The molecule has 0 spiro atoms. The Balaban J connectivity index is 1.98. The SMILES string of the molecule is CC(C)C(=O)N1CCC(NC(=O)Cn2cc(C(F)(F)F)cc(Cl)c2=O)CC1. The molecule has 0 atom stereocenters. The molecule has 0 bridgehead atoms. The Bertz CT molecular complexity index is 769. The fraction of sp³-hybridized carbons (Fsp3) is 0.588. The standard InChI is InChI=1S/C17H21ClF3N3O3/c1-10(2)15(26)23-5-3-12(4-6-23)22-14(25)9-24-8-11(17(19,20)21)7-13(18)16(24)27/h7-8,10,12H,3-6,9H2,1-2H3,(H,22,25). The van der Waals surface area contributed by atoms with Gasteiger partial charge in [0.1, 0.15) is 11.6 Å². The number of piperidine rings is 1. The molecule has 1 saturated heterocycles. The number of likely N-dealkylation sites (tertiary alicyclic amines) is 1. The second-order valence-electron chi connectivity index (χ2n) is 6.83. The van der Waals surface area contributed by atoms with Gasteiger partial charge in [-0.1, -0.05) is 25.4 Å². The number of hydrogen-bond acceptors (Lipinski definition) is 3. The Labute approximate surface area is 159 Å². The zero-order valence-electron chi connectivity index (χ0n) is 15.0. The lowest BCUT2D eigenvalue weighted by Gasteiger charge is -2.33. The van der Waals surface area contributed by atoms with Gasteiger partial charge in [-0.3, -0.25) is 14.4 Å². The van der Waals surface area contributed by atoms with Gasteiger partial charge in [0.25, 0.3) is 5.56 Å². The van der Waals surface area contributed by atoms with E-state index in [1.165, 1.54) is 0 Å². The summed E-state index contributed by atoms with van der Waals surface area (Å²) in [5.41, 5.74) is -1.96. The number of carbonyl (C=O) groups is 2. The summed E-state index contributed by atoms with van der Waals surface area (Å²) in [6.45, 7) is 4.06. The van der Waals surface area contributed by atoms with E-state index in [0.717, 1.165) is 0 Å². The largest absolute Gasteiger partial charge is 0.417 e. The summed E-state index contributed by atoms with van der Waals surface area (Å²) in [6, 6.07) is 0.338. The van der Waals surface area contributed by atoms with Gasteiger partial charge in [-0.15, -0.1) is 0 Å². The molecule has 0 aliphatic carbocycles. The van der Waals surface area contributed by atoms with E-state index in [-0.39, 0.29) is 17.9 Å². The van der Waals surface area contributed by atoms with Crippen molar-refractivity contribution < 1.29 is 22.8 Å². The molecule has 150 valence electrons. The third-order valence-corrected chi connectivity index (χ3v) is 4.62. The summed E-state index contributed by atoms with van der Waals surface area (Å²) in [4.78, 5) is 37.7. The number of amides is 2. The van der Waals surface area contributed by atoms with Crippen LogP contribution < -0.4 is 10.9 Å². The predicted octanol–water partition coefficient (Wildman–Crippen LogP) is 2.28. The molecular formula is C17H21ClF3N3O3. The highest BCUT2D eigenvalue weighted by atomic mass is 35.5. The number of rotatable bonds is 4. The zero-order valence-corrected chi connectivity index (χ0v) is 15.7. The lowest BCUT2D eigenvalue weighted by molar-refractivity contribution is -0.138. The number of nitrogens with zero attached hydrogens (tertiary/aromatic N) is 2. The molecule has 1 aliphatic rings. The summed E-state index contributed by atoms with van der Waals surface area (Å²) >= 11 is 5.57. The molecule has 0 unspecified atom stereocenters. The lowest BCUT2D eigenvalue weighted by atomic mass is 10.0. The van der Waals surface area contributed by atoms with E-state index < -0.39 is 34.8 Å². The summed E-state index contributed by atoms with van der Waals surface area (Å²) in [5, 5.41) is 2.10. The van der Waals surface area contributed by atoms with E-state index in [9.17, 15) is 27.6 Å². The third kappa shape index (κ3) is 5.47. The van der Waals surface area contributed by atoms with Gasteiger partial charge in [0, 0.05) is 31.2 Å². The first kappa shape index (κ1) is 21.3. The Morgan fingerprint density at radius 1 is 1.30 bits per heavy atom. The first-order chi connectivity index (χ1) is 12.5. The number of aromatic nitrogens is 1. The van der Waals surface area contributed by atoms with Gasteiger partial charge < -0.3 is 14.8 Å². The molecule has 0 aromatic carbocycles. The Morgan fingerprint density at radius 2 is 1.89 bits per heavy atom. The zero-order chi connectivity index (χ0) is 20.4. The van der Waals surface area contributed by atoms with Gasteiger partial charge in [0.15, 0.2) is 0 Å². The molecule has 27 heavy (non-hydrogen) atoms. The highest BCUT2D eigenvalue weighted by Crippen LogP contribution is 2.29. The van der Waals surface area contributed by atoms with Gasteiger partial charge in [-0.05, 0) is 18.9 Å². The number of hydrogen-bond donors (Lipinski definition) is 1. The predicted molar refractivity (Wildman–Crippen MR) is 93.3 cm³/mol. The summed E-state index contributed by atoms with van der Waals surface area (Å²) in [6.07, 6.45) is -3.01. The molecule has 1 aliphatic heterocycles. The molecule has 2 rings (SSSR count). The maximum Gasteiger partial charge on any atom is 0.417 e. The number of pyridine rings is 1. The van der Waals surface area contributed by atoms with E-state index in [2.05, 4.69) is 5.32 Å². The van der Waals surface area contributed by atoms with Crippen LogP contribution in [-0.2, 0) is 22.3 Å². The highest BCUT2D eigenvalue weighted by Gasteiger charge is 2.32. The summed E-state index contributed by atoms with van der Waals surface area (Å²) in [7, 11) is 0. The topological polar surface area (TPSA) is 71.4 Å². The quantitative estimate of drug-likeness (QED) is 0.832. The van der Waals surface area contributed by atoms with E-state index in [1.54, 1.807) is 4.90 Å². The second-order valence-corrected chi connectivity index (χ2v) is 7.24. The van der Waals surface area contributed by atoms with Crippen LogP contribution in [0, 0.1) is 5.92 Å². The average molecular weight is 408 g/mol. The molecule has 1 aromatic heterocycles. The molecule has 1 fully saturated rings. The minimum absolute atomic E-state index is 0.0462. The monoisotopic (exact) mass is 407 g/mol. The Kier molecular flexibility index (Phi) is 6.56. The maximum atomic E-state index is 12.8. The van der Waals surface area contributed by atoms with Crippen molar-refractivity contribution in [2.75, 3.05) is 13.1 Å². The van der Waals surface area contributed by atoms with Crippen LogP contribution in [0.2, 0.25) is 5.02 Å². The van der Waals surface area contributed by atoms with Crippen molar-refractivity contribution in [2.45, 2.75) is 45.5 Å². The Morgan fingerprint density at radius 3 is 2.41 bits per heavy atom. The van der Waals surface area contributed by atoms with Gasteiger partial charge in [-0.2, -0.15) is 13.2 Å². The van der Waals surface area contributed by atoms with E-state index in [4.69, 9.17) is 11.6 Å². The van der Waals surface area contributed by atoms with Crippen molar-refractivity contribution in [3.63, 3.8) is 0 Å². The van der Waals surface area contributed by atoms with Crippen molar-refractivity contribution in [3.05, 3.63) is 33.2 Å². The average Bonchev–Trinajstić information content (AvgIpc) is 2.57. The van der Waals surface area contributed by atoms with Crippen LogP contribution in [-0.4, -0.2) is 40.4 Å². The fourth-order valence-electron chi connectivity index (χ4n) is 2.91. The minimum atomic E-state index is -4.68. The molecule has 0 radical (unpaired) electrons. The van der Waals surface area contributed by atoms with Crippen LogP contribution in [0.5, 0.6) is 0 Å². The smallest absolute Gasteiger partial charge is 0.352 e. The van der Waals surface area contributed by atoms with E-state index >= 15 is 0 Å². The van der Waals surface area contributed by atoms with E-state index in [1.807, 2.05) is 13.8 Å². The van der Waals surface area contributed by atoms with Crippen molar-refractivity contribution in [3.8, 4) is 0 Å². The Hall–Kier alpha value is -2.03. The van der Waals surface area contributed by atoms with Crippen LogP contribution in [0.1, 0.15) is 32.3 Å². The molecule has 2 amide bonds. The summed E-state index contributed by atoms with van der Waals surface area (Å²) < 4.78 is 39.2. The van der Waals surface area contributed by atoms with Crippen LogP contribution in [0.25, 0.3) is 0 Å². The first-order valence-electron chi connectivity index (χ1n) is 8.54. The number of carbonyl (C=O) groups excluding carboxylic acids is 2. The van der Waals surface area contributed by atoms with Crippen LogP contribution in [0.4, 0.5) is 13.2 Å². The van der Waals surface area contributed by atoms with Crippen LogP contribution in [0.15, 0.2) is 17.1 Å². The fourth-order valence-corrected chi connectivity index (χ4v) is 3.14. The second kappa shape index (κ2) is 8.33. The highest BCUT2D eigenvalue weighted by molar-refractivity contribution is 6.30. The first-order valence-corrected chi connectivity index (χ1v) is 8.92. The van der Waals surface area contributed by atoms with Gasteiger partial charge >= 0.3 is 6.18 Å². The third-order valence-electron chi connectivity index (χ3n) is 4.35. The van der Waals surface area contributed by atoms with Crippen LogP contribution >= 0.6 is 11.6 Å². The van der Waals surface area contributed by atoms with Crippen molar-refractivity contribution >= 4 is 23.4 Å². The normalized spacial score (nSPS) is 15.9. The summed E-state index contributed by atoms with van der Waals surface area (Å²) in [5.74, 6) is -0.639. The molecular weight excluding hydrogens is 387 g/mol. The maximum absolute atomic E-state index is 12.8. The van der Waals surface area contributed by atoms with Crippen molar-refractivity contribution in [2.24, 2.45) is 5.92 Å². The molecule has 1 N–H and O–H groups in total. The number of halogens is 4. The van der Waals surface area contributed by atoms with Crippen LogP contribution in [0.3, 0.4) is 0 Å². The lowest BCUT2D eigenvalue weighted by Crippen LogP contribution is -2.48. The van der Waals surface area contributed by atoms with Gasteiger partial charge in [0.05, 0.1) is 5.56 Å². The molecule has 2 heterocycles.